The van der Waals surface area contributed by atoms with Gasteiger partial charge in [-0.2, -0.15) is 0 Å². The lowest BCUT2D eigenvalue weighted by atomic mass is 9.93. The van der Waals surface area contributed by atoms with Crippen molar-refractivity contribution < 1.29 is 0 Å². The van der Waals surface area contributed by atoms with Crippen LogP contribution in [0.3, 0.4) is 0 Å². The van der Waals surface area contributed by atoms with Crippen molar-refractivity contribution >= 4 is 49.6 Å². The Hall–Kier alpha value is -6.38. The topological polar surface area (TPSA) is 8.17 Å². The summed E-state index contributed by atoms with van der Waals surface area (Å²) in [7, 11) is 0. The smallest absolute Gasteiger partial charge is 0.0541 e. The summed E-state index contributed by atoms with van der Waals surface area (Å²) in [6.45, 7) is 0. The molecule has 226 valence electrons. The Morgan fingerprint density at radius 2 is 0.896 bits per heavy atom. The maximum absolute atomic E-state index is 2.37. The van der Waals surface area contributed by atoms with Crippen LogP contribution in [0.5, 0.6) is 0 Å². The molecule has 9 rings (SSSR count). The van der Waals surface area contributed by atoms with Crippen molar-refractivity contribution in [2.75, 3.05) is 4.90 Å². The zero-order valence-corrected chi connectivity index (χ0v) is 26.4. The molecule has 0 spiro atoms. The molecule has 0 amide bonds. The molecular weight excluding hydrogens is 581 g/mol. The number of rotatable bonds is 6. The average Bonchev–Trinajstić information content (AvgIpc) is 3.50. The molecule has 0 fully saturated rings. The van der Waals surface area contributed by atoms with Crippen LogP contribution in [-0.2, 0) is 0 Å². The highest BCUT2D eigenvalue weighted by atomic mass is 15.1. The minimum Gasteiger partial charge on any atom is -0.310 e. The number of benzene rings is 8. The Labute approximate surface area is 280 Å². The van der Waals surface area contributed by atoms with Gasteiger partial charge >= 0.3 is 0 Å². The third-order valence-electron chi connectivity index (χ3n) is 9.36. The van der Waals surface area contributed by atoms with Crippen molar-refractivity contribution in [3.8, 4) is 27.9 Å². The average molecular weight is 613 g/mol. The molecule has 0 aliphatic carbocycles. The first-order valence-corrected chi connectivity index (χ1v) is 16.4. The minimum absolute atomic E-state index is 1.13. The second-order valence-corrected chi connectivity index (χ2v) is 12.2. The normalized spacial score (nSPS) is 11.3. The van der Waals surface area contributed by atoms with E-state index in [-0.39, 0.29) is 0 Å². The van der Waals surface area contributed by atoms with Crippen molar-refractivity contribution in [3.63, 3.8) is 0 Å². The Balaban J connectivity index is 1.17. The predicted octanol–water partition coefficient (Wildman–Crippen LogP) is 12.7. The molecule has 0 radical (unpaired) electrons. The Morgan fingerprint density at radius 1 is 0.333 bits per heavy atom. The van der Waals surface area contributed by atoms with E-state index in [9.17, 15) is 0 Å². The minimum atomic E-state index is 1.13. The summed E-state index contributed by atoms with van der Waals surface area (Å²) in [5.74, 6) is 0. The van der Waals surface area contributed by atoms with Gasteiger partial charge in [0.05, 0.1) is 16.7 Å². The lowest BCUT2D eigenvalue weighted by molar-refractivity contribution is 1.18. The molecule has 2 nitrogen and oxygen atoms in total. The predicted molar refractivity (Wildman–Crippen MR) is 204 cm³/mol. The van der Waals surface area contributed by atoms with Gasteiger partial charge in [-0.05, 0) is 94.4 Å². The van der Waals surface area contributed by atoms with Crippen molar-refractivity contribution in [1.29, 1.82) is 0 Å². The standard InChI is InChI=1S/C46H32N2/c1-4-17-36(18-5-1)47(37-19-6-2-7-20-37)45-30-28-39(40-23-10-11-24-41(40)45)35-16-14-15-33(31-35)34-27-29-46-43(32-34)42-25-12-13-26-44(42)48(46)38-21-8-3-9-22-38/h1-32H. The van der Waals surface area contributed by atoms with Gasteiger partial charge < -0.3 is 9.47 Å². The van der Waals surface area contributed by atoms with E-state index in [1.807, 2.05) is 0 Å². The Morgan fingerprint density at radius 3 is 1.62 bits per heavy atom. The molecule has 48 heavy (non-hydrogen) atoms. The Bertz CT molecular complexity index is 2510. The van der Waals surface area contributed by atoms with Crippen molar-refractivity contribution in [1.82, 2.24) is 4.57 Å². The summed E-state index contributed by atoms with van der Waals surface area (Å²) in [6, 6.07) is 69.8. The molecule has 1 aromatic heterocycles. The Kier molecular flexibility index (Phi) is 6.84. The molecule has 0 saturated heterocycles. The molecule has 2 heteroatoms. The maximum atomic E-state index is 2.37. The summed E-state index contributed by atoms with van der Waals surface area (Å²) < 4.78 is 2.37. The van der Waals surface area contributed by atoms with E-state index >= 15 is 0 Å². The fraction of sp³-hybridized carbons (Fsp3) is 0. The van der Waals surface area contributed by atoms with Gasteiger partial charge in [-0.3, -0.25) is 0 Å². The van der Waals surface area contributed by atoms with E-state index < -0.39 is 0 Å². The van der Waals surface area contributed by atoms with E-state index in [2.05, 4.69) is 204 Å². The molecule has 0 atom stereocenters. The fourth-order valence-corrected chi connectivity index (χ4v) is 7.19. The number of para-hydroxylation sites is 4. The molecule has 0 bridgehead atoms. The van der Waals surface area contributed by atoms with Crippen LogP contribution in [0.1, 0.15) is 0 Å². The van der Waals surface area contributed by atoms with Gasteiger partial charge in [-0.25, -0.2) is 0 Å². The SMILES string of the molecule is c1ccc(N(c2ccccc2)c2ccc(-c3cccc(-c4ccc5c(c4)c4ccccc4n5-c4ccccc4)c3)c3ccccc23)cc1. The molecular formula is C46H32N2. The summed E-state index contributed by atoms with van der Waals surface area (Å²) >= 11 is 0. The maximum Gasteiger partial charge on any atom is 0.0541 e. The van der Waals surface area contributed by atoms with Gasteiger partial charge in [-0.1, -0.05) is 127 Å². The molecule has 0 N–H and O–H groups in total. The van der Waals surface area contributed by atoms with Crippen LogP contribution in [0.4, 0.5) is 17.1 Å². The third-order valence-corrected chi connectivity index (χ3v) is 9.36. The summed E-state index contributed by atoms with van der Waals surface area (Å²) in [5, 5.41) is 4.96. The summed E-state index contributed by atoms with van der Waals surface area (Å²) in [6.07, 6.45) is 0. The number of anilines is 3. The van der Waals surface area contributed by atoms with Gasteiger partial charge in [0.25, 0.3) is 0 Å². The third kappa shape index (κ3) is 4.74. The lowest BCUT2D eigenvalue weighted by Crippen LogP contribution is -2.10. The van der Waals surface area contributed by atoms with Crippen LogP contribution in [0.15, 0.2) is 194 Å². The molecule has 0 unspecified atom stereocenters. The van der Waals surface area contributed by atoms with E-state index in [1.165, 1.54) is 60.5 Å². The van der Waals surface area contributed by atoms with E-state index in [4.69, 9.17) is 0 Å². The molecule has 9 aromatic rings. The van der Waals surface area contributed by atoms with Crippen LogP contribution >= 0.6 is 0 Å². The number of nitrogens with zero attached hydrogens (tertiary/aromatic N) is 2. The highest BCUT2D eigenvalue weighted by molar-refractivity contribution is 6.11. The van der Waals surface area contributed by atoms with Crippen molar-refractivity contribution in [2.24, 2.45) is 0 Å². The fourth-order valence-electron chi connectivity index (χ4n) is 7.19. The van der Waals surface area contributed by atoms with Crippen LogP contribution in [0.25, 0.3) is 60.5 Å². The molecule has 1 heterocycles. The van der Waals surface area contributed by atoms with Crippen molar-refractivity contribution in [3.05, 3.63) is 194 Å². The van der Waals surface area contributed by atoms with Crippen molar-refractivity contribution in [2.45, 2.75) is 0 Å². The van der Waals surface area contributed by atoms with Crippen LogP contribution in [0, 0.1) is 0 Å². The van der Waals surface area contributed by atoms with Crippen LogP contribution in [0.2, 0.25) is 0 Å². The largest absolute Gasteiger partial charge is 0.310 e. The van der Waals surface area contributed by atoms with E-state index in [0.29, 0.717) is 0 Å². The molecule has 0 aliphatic heterocycles. The zero-order valence-electron chi connectivity index (χ0n) is 26.4. The highest BCUT2D eigenvalue weighted by Crippen LogP contribution is 2.42. The van der Waals surface area contributed by atoms with Gasteiger partial charge in [0.2, 0.25) is 0 Å². The second-order valence-electron chi connectivity index (χ2n) is 12.2. The highest BCUT2D eigenvalue weighted by Gasteiger charge is 2.18. The van der Waals surface area contributed by atoms with E-state index in [0.717, 1.165) is 17.1 Å². The second kappa shape index (κ2) is 11.8. The number of aromatic nitrogens is 1. The molecule has 0 aliphatic rings. The number of hydrogen-bond acceptors (Lipinski definition) is 1. The molecule has 0 saturated carbocycles. The monoisotopic (exact) mass is 612 g/mol. The number of fused-ring (bicyclic) bond motifs is 4. The van der Waals surface area contributed by atoms with Crippen LogP contribution in [-0.4, -0.2) is 4.57 Å². The summed E-state index contributed by atoms with van der Waals surface area (Å²) in [5.41, 5.74) is 11.9. The first-order chi connectivity index (χ1) is 23.8. The van der Waals surface area contributed by atoms with Crippen LogP contribution < -0.4 is 4.90 Å². The lowest BCUT2D eigenvalue weighted by Gasteiger charge is -2.27. The number of hydrogen-bond donors (Lipinski definition) is 0. The zero-order chi connectivity index (χ0) is 31.9. The first-order valence-electron chi connectivity index (χ1n) is 16.4. The first kappa shape index (κ1) is 27.9. The quantitative estimate of drug-likeness (QED) is 0.181. The molecule has 8 aromatic carbocycles. The van der Waals surface area contributed by atoms with Gasteiger partial charge in [0, 0.05) is 33.2 Å². The summed E-state index contributed by atoms with van der Waals surface area (Å²) in [4.78, 5) is 2.35. The van der Waals surface area contributed by atoms with E-state index in [1.54, 1.807) is 0 Å². The van der Waals surface area contributed by atoms with Gasteiger partial charge in [0.15, 0.2) is 0 Å². The van der Waals surface area contributed by atoms with Gasteiger partial charge in [-0.15, -0.1) is 0 Å². The van der Waals surface area contributed by atoms with Gasteiger partial charge in [0.1, 0.15) is 0 Å².